The van der Waals surface area contributed by atoms with E-state index in [0.717, 1.165) is 5.01 Å². The number of carbonyl (C=O) groups excluding carboxylic acids is 1. The molecule has 1 heterocycles. The summed E-state index contributed by atoms with van der Waals surface area (Å²) in [5.41, 5.74) is 2.86. The van der Waals surface area contributed by atoms with Gasteiger partial charge >= 0.3 is 6.03 Å². The molecule has 7 nitrogen and oxygen atoms in total. The van der Waals surface area contributed by atoms with Gasteiger partial charge < -0.3 is 0 Å². The molecule has 0 bridgehead atoms. The van der Waals surface area contributed by atoms with Crippen molar-refractivity contribution in [2.45, 2.75) is 25.0 Å². The zero-order valence-corrected chi connectivity index (χ0v) is 9.04. The van der Waals surface area contributed by atoms with Gasteiger partial charge in [0.2, 0.25) is 10.0 Å². The Bertz CT molecular complexity index is 412. The summed E-state index contributed by atoms with van der Waals surface area (Å²) in [6.45, 7) is 1.88. The van der Waals surface area contributed by atoms with E-state index in [4.69, 9.17) is 0 Å². The first-order valence-corrected chi connectivity index (χ1v) is 6.15. The van der Waals surface area contributed by atoms with Crippen LogP contribution in [-0.4, -0.2) is 37.0 Å². The summed E-state index contributed by atoms with van der Waals surface area (Å²) in [5.74, 6) is 0. The molecule has 1 aliphatic heterocycles. The molecule has 0 atom stereocenters. The summed E-state index contributed by atoms with van der Waals surface area (Å²) < 4.78 is 23.1. The summed E-state index contributed by atoms with van der Waals surface area (Å²) >= 11 is 0. The quantitative estimate of drug-likeness (QED) is 0.679. The van der Waals surface area contributed by atoms with Gasteiger partial charge in [-0.1, -0.05) is 0 Å². The van der Waals surface area contributed by atoms with Gasteiger partial charge in [-0.25, -0.2) is 23.6 Å². The fourth-order valence-electron chi connectivity index (χ4n) is 1.22. The number of nitrogens with zero attached hydrogens (tertiary/aromatic N) is 2. The Hall–Kier alpha value is -1.15. The molecule has 8 heteroatoms. The van der Waals surface area contributed by atoms with Crippen LogP contribution in [0.5, 0.6) is 0 Å². The molecule has 0 radical (unpaired) electrons. The summed E-state index contributed by atoms with van der Waals surface area (Å²) in [6.07, 6.45) is 1.33. The number of hydrazine groups is 1. The molecular weight excluding hydrogens is 220 g/mol. The summed E-state index contributed by atoms with van der Waals surface area (Å²) in [4.78, 5) is 13.5. The highest BCUT2D eigenvalue weighted by atomic mass is 32.2. The van der Waals surface area contributed by atoms with E-state index in [1.807, 2.05) is 0 Å². The third-order valence-electron chi connectivity index (χ3n) is 2.18. The van der Waals surface area contributed by atoms with Gasteiger partial charge in [0.1, 0.15) is 0 Å². The van der Waals surface area contributed by atoms with Gasteiger partial charge in [0.05, 0.1) is 17.5 Å². The lowest BCUT2D eigenvalue weighted by molar-refractivity contribution is 0.193. The largest absolute Gasteiger partial charge is 0.353 e. The Balaban J connectivity index is 2.05. The summed E-state index contributed by atoms with van der Waals surface area (Å²) in [5, 5.41) is 4.37. The minimum atomic E-state index is -3.38. The molecule has 0 unspecified atom stereocenters. The van der Waals surface area contributed by atoms with Crippen LogP contribution in [0, 0.1) is 0 Å². The molecule has 2 rings (SSSR count). The molecule has 0 aromatic carbocycles. The van der Waals surface area contributed by atoms with E-state index in [1.54, 1.807) is 6.92 Å². The molecular formula is C7H12N4O3S. The summed E-state index contributed by atoms with van der Waals surface area (Å²) in [7, 11) is -3.38. The molecule has 1 fully saturated rings. The number of rotatable bonds is 3. The van der Waals surface area contributed by atoms with Gasteiger partial charge in [-0.15, -0.1) is 4.83 Å². The molecule has 0 aromatic rings. The molecule has 0 saturated heterocycles. The second kappa shape index (κ2) is 3.46. The number of sulfonamides is 1. The second-order valence-electron chi connectivity index (χ2n) is 3.69. The minimum Gasteiger partial charge on any atom is -0.245 e. The van der Waals surface area contributed by atoms with Crippen LogP contribution in [0.15, 0.2) is 5.10 Å². The van der Waals surface area contributed by atoms with Crippen molar-refractivity contribution in [1.82, 2.24) is 15.3 Å². The van der Waals surface area contributed by atoms with Crippen molar-refractivity contribution in [3.63, 3.8) is 0 Å². The van der Waals surface area contributed by atoms with E-state index >= 15 is 0 Å². The maximum atomic E-state index is 11.5. The molecule has 15 heavy (non-hydrogen) atoms. The van der Waals surface area contributed by atoms with Crippen LogP contribution in [0.2, 0.25) is 0 Å². The second-order valence-corrected chi connectivity index (χ2v) is 5.63. The molecule has 2 aliphatic rings. The number of nitrogens with one attached hydrogen (secondary N) is 2. The van der Waals surface area contributed by atoms with E-state index in [2.05, 4.69) is 15.4 Å². The van der Waals surface area contributed by atoms with Crippen LogP contribution < -0.4 is 10.3 Å². The first-order chi connectivity index (χ1) is 6.99. The molecule has 2 amide bonds. The normalized spacial score (nSPS) is 22.3. The number of hydrogen-bond donors (Lipinski definition) is 2. The Labute approximate surface area is 87.5 Å². The fraction of sp³-hybridized carbons (Fsp3) is 0.714. The number of carbonyl (C=O) groups is 1. The Kier molecular flexibility index (Phi) is 2.39. The van der Waals surface area contributed by atoms with Crippen molar-refractivity contribution < 1.29 is 13.2 Å². The monoisotopic (exact) mass is 232 g/mol. The van der Waals surface area contributed by atoms with Crippen LogP contribution in [0.25, 0.3) is 0 Å². The predicted octanol–water partition coefficient (Wildman–Crippen LogP) is -0.616. The van der Waals surface area contributed by atoms with Gasteiger partial charge in [0.25, 0.3) is 0 Å². The highest BCUT2D eigenvalue weighted by molar-refractivity contribution is 7.90. The third-order valence-corrected chi connectivity index (χ3v) is 4.00. The third kappa shape index (κ3) is 2.26. The van der Waals surface area contributed by atoms with Crippen molar-refractivity contribution in [2.24, 2.45) is 5.10 Å². The highest BCUT2D eigenvalue weighted by Crippen LogP contribution is 2.27. The van der Waals surface area contributed by atoms with E-state index in [9.17, 15) is 13.2 Å². The first-order valence-electron chi connectivity index (χ1n) is 4.61. The zero-order chi connectivity index (χ0) is 11.1. The van der Waals surface area contributed by atoms with Crippen LogP contribution in [-0.2, 0) is 10.0 Å². The van der Waals surface area contributed by atoms with Gasteiger partial charge in [-0.2, -0.15) is 5.10 Å². The SMILES string of the molecule is CC1=NNC(=O)N(NS(=O)(=O)C2CC2)C1. The maximum Gasteiger partial charge on any atom is 0.353 e. The van der Waals surface area contributed by atoms with Gasteiger partial charge in [-0.05, 0) is 19.8 Å². The predicted molar refractivity (Wildman–Crippen MR) is 53.4 cm³/mol. The van der Waals surface area contributed by atoms with Crippen LogP contribution >= 0.6 is 0 Å². The standard InChI is InChI=1S/C7H12N4O3S/c1-5-4-11(7(12)9-8-5)10-15(13,14)6-2-3-6/h6,10H,2-4H2,1H3,(H,9,12). The van der Waals surface area contributed by atoms with Crippen molar-refractivity contribution in [1.29, 1.82) is 0 Å². The van der Waals surface area contributed by atoms with Crippen LogP contribution in [0.1, 0.15) is 19.8 Å². The lowest BCUT2D eigenvalue weighted by Gasteiger charge is -2.25. The van der Waals surface area contributed by atoms with Crippen molar-refractivity contribution >= 4 is 21.8 Å². The Morgan fingerprint density at radius 2 is 2.20 bits per heavy atom. The van der Waals surface area contributed by atoms with Crippen LogP contribution in [0.3, 0.4) is 0 Å². The molecule has 2 N–H and O–H groups in total. The van der Waals surface area contributed by atoms with E-state index in [-0.39, 0.29) is 11.8 Å². The van der Waals surface area contributed by atoms with Crippen molar-refractivity contribution in [3.8, 4) is 0 Å². The van der Waals surface area contributed by atoms with E-state index < -0.39 is 16.1 Å². The molecule has 0 aromatic heterocycles. The van der Waals surface area contributed by atoms with Crippen LogP contribution in [0.4, 0.5) is 4.79 Å². The minimum absolute atomic E-state index is 0.178. The average Bonchev–Trinajstić information content (AvgIpc) is 2.93. The van der Waals surface area contributed by atoms with Crippen molar-refractivity contribution in [2.75, 3.05) is 6.54 Å². The maximum absolute atomic E-state index is 11.5. The van der Waals surface area contributed by atoms with Gasteiger partial charge in [0, 0.05) is 0 Å². The number of urea groups is 1. The molecule has 0 spiro atoms. The van der Waals surface area contributed by atoms with Gasteiger partial charge in [0.15, 0.2) is 0 Å². The average molecular weight is 232 g/mol. The van der Waals surface area contributed by atoms with E-state index in [1.165, 1.54) is 0 Å². The molecule has 84 valence electrons. The van der Waals surface area contributed by atoms with Gasteiger partial charge in [-0.3, -0.25) is 0 Å². The fourth-order valence-corrected chi connectivity index (χ4v) is 2.58. The Morgan fingerprint density at radius 1 is 1.53 bits per heavy atom. The summed E-state index contributed by atoms with van der Waals surface area (Å²) in [6, 6.07) is -0.551. The number of hydrazone groups is 1. The number of amides is 2. The lowest BCUT2D eigenvalue weighted by Crippen LogP contribution is -2.54. The first kappa shape index (κ1) is 10.4. The molecule has 1 saturated carbocycles. The molecule has 1 aliphatic carbocycles. The Morgan fingerprint density at radius 3 is 2.80 bits per heavy atom. The van der Waals surface area contributed by atoms with Crippen molar-refractivity contribution in [3.05, 3.63) is 0 Å². The van der Waals surface area contributed by atoms with E-state index in [0.29, 0.717) is 18.6 Å². The topological polar surface area (TPSA) is 90.9 Å². The highest BCUT2D eigenvalue weighted by Gasteiger charge is 2.38. The lowest BCUT2D eigenvalue weighted by atomic mass is 10.4. The zero-order valence-electron chi connectivity index (χ0n) is 8.23. The smallest absolute Gasteiger partial charge is 0.245 e. The number of hydrogen-bond acceptors (Lipinski definition) is 4.